The molecule has 2 aliphatic rings. The second-order valence-electron chi connectivity index (χ2n) is 5.77. The third-order valence-electron chi connectivity index (χ3n) is 4.12. The van der Waals surface area contributed by atoms with Crippen LogP contribution < -0.4 is 10.6 Å². The lowest BCUT2D eigenvalue weighted by Crippen LogP contribution is -2.41. The molecule has 0 spiro atoms. The van der Waals surface area contributed by atoms with Gasteiger partial charge in [0.15, 0.2) is 0 Å². The van der Waals surface area contributed by atoms with E-state index in [1.54, 1.807) is 0 Å². The molecule has 0 radical (unpaired) electrons. The first-order valence-electron chi connectivity index (χ1n) is 6.71. The SMILES string of the molecule is CC1CCC(NCC2CCNC(C)C2)C1. The lowest BCUT2D eigenvalue weighted by Gasteiger charge is -2.29. The van der Waals surface area contributed by atoms with E-state index in [0.717, 1.165) is 23.9 Å². The van der Waals surface area contributed by atoms with Crippen molar-refractivity contribution in [3.63, 3.8) is 0 Å². The summed E-state index contributed by atoms with van der Waals surface area (Å²) in [5.74, 6) is 1.87. The second-order valence-corrected chi connectivity index (χ2v) is 5.77. The molecule has 1 saturated carbocycles. The molecule has 2 heteroatoms. The normalized spacial score (nSPS) is 42.0. The zero-order valence-corrected chi connectivity index (χ0v) is 10.3. The van der Waals surface area contributed by atoms with Gasteiger partial charge in [0, 0.05) is 12.1 Å². The molecule has 2 nitrogen and oxygen atoms in total. The van der Waals surface area contributed by atoms with Crippen LogP contribution in [-0.2, 0) is 0 Å². The largest absolute Gasteiger partial charge is 0.314 e. The molecule has 4 unspecified atom stereocenters. The van der Waals surface area contributed by atoms with Gasteiger partial charge in [-0.25, -0.2) is 0 Å². The molecule has 0 aromatic carbocycles. The number of rotatable bonds is 3. The number of hydrogen-bond donors (Lipinski definition) is 2. The molecule has 2 rings (SSSR count). The van der Waals surface area contributed by atoms with E-state index in [1.807, 2.05) is 0 Å². The van der Waals surface area contributed by atoms with Crippen LogP contribution in [0.1, 0.15) is 46.0 Å². The van der Waals surface area contributed by atoms with E-state index in [-0.39, 0.29) is 0 Å². The van der Waals surface area contributed by atoms with E-state index in [4.69, 9.17) is 0 Å². The third-order valence-corrected chi connectivity index (χ3v) is 4.12. The van der Waals surface area contributed by atoms with Crippen molar-refractivity contribution < 1.29 is 0 Å². The Bertz CT molecular complexity index is 193. The Morgan fingerprint density at radius 1 is 1.13 bits per heavy atom. The van der Waals surface area contributed by atoms with Crippen LogP contribution in [0.25, 0.3) is 0 Å². The van der Waals surface area contributed by atoms with Crippen molar-refractivity contribution in [2.45, 2.75) is 58.0 Å². The quantitative estimate of drug-likeness (QED) is 0.746. The van der Waals surface area contributed by atoms with Gasteiger partial charge in [-0.3, -0.25) is 0 Å². The summed E-state index contributed by atoms with van der Waals surface area (Å²) in [4.78, 5) is 0. The molecule has 2 N–H and O–H groups in total. The van der Waals surface area contributed by atoms with Crippen LogP contribution in [0.4, 0.5) is 0 Å². The van der Waals surface area contributed by atoms with Crippen LogP contribution in [-0.4, -0.2) is 25.2 Å². The fraction of sp³-hybridized carbons (Fsp3) is 1.00. The van der Waals surface area contributed by atoms with Gasteiger partial charge < -0.3 is 10.6 Å². The summed E-state index contributed by atoms with van der Waals surface area (Å²) in [7, 11) is 0. The molecule has 0 amide bonds. The predicted molar refractivity (Wildman–Crippen MR) is 65.0 cm³/mol. The third kappa shape index (κ3) is 3.46. The van der Waals surface area contributed by atoms with Gasteiger partial charge in [-0.05, 0) is 64.0 Å². The fourth-order valence-electron chi connectivity index (χ4n) is 3.15. The summed E-state index contributed by atoms with van der Waals surface area (Å²) in [5, 5.41) is 7.29. The minimum atomic E-state index is 0.730. The van der Waals surface area contributed by atoms with Crippen molar-refractivity contribution in [3.05, 3.63) is 0 Å². The summed E-state index contributed by atoms with van der Waals surface area (Å²) < 4.78 is 0. The molecular weight excluding hydrogens is 184 g/mol. The first-order chi connectivity index (χ1) is 7.24. The van der Waals surface area contributed by atoms with Crippen molar-refractivity contribution >= 4 is 0 Å². The molecule has 0 aromatic rings. The van der Waals surface area contributed by atoms with E-state index in [9.17, 15) is 0 Å². The summed E-state index contributed by atoms with van der Waals surface area (Å²) >= 11 is 0. The molecule has 1 aliphatic heterocycles. The highest BCUT2D eigenvalue weighted by atomic mass is 14.9. The van der Waals surface area contributed by atoms with Gasteiger partial charge in [-0.15, -0.1) is 0 Å². The van der Waals surface area contributed by atoms with Crippen molar-refractivity contribution in [3.8, 4) is 0 Å². The molecule has 1 heterocycles. The first kappa shape index (κ1) is 11.4. The highest BCUT2D eigenvalue weighted by Crippen LogP contribution is 2.25. The molecule has 1 saturated heterocycles. The second kappa shape index (κ2) is 5.31. The molecular formula is C13H26N2. The van der Waals surface area contributed by atoms with Gasteiger partial charge in [0.1, 0.15) is 0 Å². The topological polar surface area (TPSA) is 24.1 Å². The van der Waals surface area contributed by atoms with E-state index < -0.39 is 0 Å². The summed E-state index contributed by atoms with van der Waals surface area (Å²) in [6.45, 7) is 7.16. The predicted octanol–water partition coefficient (Wildman–Crippen LogP) is 2.15. The van der Waals surface area contributed by atoms with Gasteiger partial charge in [0.2, 0.25) is 0 Å². The lowest BCUT2D eigenvalue weighted by molar-refractivity contribution is 0.294. The maximum absolute atomic E-state index is 3.77. The highest BCUT2D eigenvalue weighted by Gasteiger charge is 2.23. The molecule has 88 valence electrons. The van der Waals surface area contributed by atoms with Crippen molar-refractivity contribution in [2.75, 3.05) is 13.1 Å². The Hall–Kier alpha value is -0.0800. The van der Waals surface area contributed by atoms with Crippen LogP contribution in [0.2, 0.25) is 0 Å². The molecule has 0 aromatic heterocycles. The highest BCUT2D eigenvalue weighted by molar-refractivity contribution is 4.81. The van der Waals surface area contributed by atoms with Crippen LogP contribution in [0.3, 0.4) is 0 Å². The molecule has 4 atom stereocenters. The van der Waals surface area contributed by atoms with Crippen LogP contribution in [0.15, 0.2) is 0 Å². The zero-order valence-electron chi connectivity index (χ0n) is 10.3. The zero-order chi connectivity index (χ0) is 10.7. The van der Waals surface area contributed by atoms with Crippen molar-refractivity contribution in [1.82, 2.24) is 10.6 Å². The molecule has 15 heavy (non-hydrogen) atoms. The van der Waals surface area contributed by atoms with Crippen molar-refractivity contribution in [1.29, 1.82) is 0 Å². The average Bonchev–Trinajstić information content (AvgIpc) is 2.62. The Labute approximate surface area is 94.2 Å². The summed E-state index contributed by atoms with van der Waals surface area (Å²) in [6, 6.07) is 1.55. The van der Waals surface area contributed by atoms with E-state index in [1.165, 1.54) is 45.2 Å². The minimum absolute atomic E-state index is 0.730. The van der Waals surface area contributed by atoms with E-state index in [2.05, 4.69) is 24.5 Å². The summed E-state index contributed by atoms with van der Waals surface area (Å²) in [5.41, 5.74) is 0. The first-order valence-corrected chi connectivity index (χ1v) is 6.71. The lowest BCUT2D eigenvalue weighted by atomic mass is 9.93. The number of nitrogens with one attached hydrogen (secondary N) is 2. The molecule has 2 fully saturated rings. The van der Waals surface area contributed by atoms with Crippen LogP contribution in [0.5, 0.6) is 0 Å². The maximum atomic E-state index is 3.77. The van der Waals surface area contributed by atoms with Crippen molar-refractivity contribution in [2.24, 2.45) is 11.8 Å². The average molecular weight is 210 g/mol. The Morgan fingerprint density at radius 3 is 2.67 bits per heavy atom. The fourth-order valence-corrected chi connectivity index (χ4v) is 3.15. The smallest absolute Gasteiger partial charge is 0.00698 e. The number of piperidine rings is 1. The van der Waals surface area contributed by atoms with Gasteiger partial charge in [0.25, 0.3) is 0 Å². The minimum Gasteiger partial charge on any atom is -0.314 e. The standard InChI is InChI=1S/C13H26N2/c1-10-3-4-13(7-10)15-9-12-5-6-14-11(2)8-12/h10-15H,3-9H2,1-2H3. The van der Waals surface area contributed by atoms with Gasteiger partial charge in [0.05, 0.1) is 0 Å². The maximum Gasteiger partial charge on any atom is 0.00698 e. The molecule has 1 aliphatic carbocycles. The van der Waals surface area contributed by atoms with Gasteiger partial charge >= 0.3 is 0 Å². The number of hydrogen-bond acceptors (Lipinski definition) is 2. The summed E-state index contributed by atoms with van der Waals surface area (Å²) in [6.07, 6.45) is 6.96. The monoisotopic (exact) mass is 210 g/mol. The van der Waals surface area contributed by atoms with E-state index in [0.29, 0.717) is 0 Å². The molecule has 0 bridgehead atoms. The Morgan fingerprint density at radius 2 is 2.00 bits per heavy atom. The Balaban J connectivity index is 1.64. The van der Waals surface area contributed by atoms with Crippen LogP contribution >= 0.6 is 0 Å². The van der Waals surface area contributed by atoms with Crippen LogP contribution in [0, 0.1) is 11.8 Å². The van der Waals surface area contributed by atoms with Gasteiger partial charge in [-0.2, -0.15) is 0 Å². The van der Waals surface area contributed by atoms with E-state index >= 15 is 0 Å². The van der Waals surface area contributed by atoms with Gasteiger partial charge in [-0.1, -0.05) is 6.92 Å². The Kier molecular flexibility index (Phi) is 4.04.